The van der Waals surface area contributed by atoms with Gasteiger partial charge in [-0.05, 0) is 0 Å². The fourth-order valence-corrected chi connectivity index (χ4v) is 2.26. The van der Waals surface area contributed by atoms with Crippen LogP contribution in [0.25, 0.3) is 0 Å². The third-order valence-corrected chi connectivity index (χ3v) is 3.36. The van der Waals surface area contributed by atoms with Crippen LogP contribution in [0, 0.1) is 11.3 Å². The summed E-state index contributed by atoms with van der Waals surface area (Å²) in [5.74, 6) is 0. The molecule has 1 atom stereocenters. The second-order valence-corrected chi connectivity index (χ2v) is 4.45. The summed E-state index contributed by atoms with van der Waals surface area (Å²) in [6, 6.07) is 1.93. The molecule has 1 aromatic rings. The topological polar surface area (TPSA) is 49.2 Å². The lowest BCUT2D eigenvalue weighted by Crippen LogP contribution is -2.41. The lowest BCUT2D eigenvalue weighted by Gasteiger charge is -2.29. The number of anilines is 1. The summed E-state index contributed by atoms with van der Waals surface area (Å²) >= 11 is 0.584. The van der Waals surface area contributed by atoms with Crippen molar-refractivity contribution in [1.29, 1.82) is 5.26 Å². The third-order valence-electron chi connectivity index (χ3n) is 2.25. The minimum atomic E-state index is -4.36. The highest BCUT2D eigenvalue weighted by atomic mass is 32.1. The van der Waals surface area contributed by atoms with E-state index in [0.717, 1.165) is 6.20 Å². The minimum Gasteiger partial charge on any atom is -0.360 e. The number of rotatable bonds is 1. The van der Waals surface area contributed by atoms with E-state index in [-0.39, 0.29) is 11.7 Å². The maximum atomic E-state index is 12.4. The number of morpholine rings is 1. The van der Waals surface area contributed by atoms with Gasteiger partial charge in [0, 0.05) is 6.54 Å². The molecule has 1 saturated heterocycles. The summed E-state index contributed by atoms with van der Waals surface area (Å²) in [6.45, 7) is 1.02. The summed E-state index contributed by atoms with van der Waals surface area (Å²) in [5, 5.41) is 8.97. The molecule has 0 aromatic carbocycles. The van der Waals surface area contributed by atoms with Crippen molar-refractivity contribution in [3.8, 4) is 6.07 Å². The van der Waals surface area contributed by atoms with E-state index in [1.54, 1.807) is 4.90 Å². The average molecular weight is 263 g/mol. The molecule has 0 N–H and O–H groups in total. The van der Waals surface area contributed by atoms with Crippen molar-refractivity contribution >= 4 is 16.5 Å². The number of thiazole rings is 1. The van der Waals surface area contributed by atoms with Crippen molar-refractivity contribution in [3.05, 3.63) is 11.1 Å². The van der Waals surface area contributed by atoms with Crippen LogP contribution < -0.4 is 4.90 Å². The van der Waals surface area contributed by atoms with Crippen LogP contribution in [0.15, 0.2) is 6.20 Å². The van der Waals surface area contributed by atoms with Crippen LogP contribution in [0.3, 0.4) is 0 Å². The highest BCUT2D eigenvalue weighted by molar-refractivity contribution is 7.15. The normalized spacial score (nSPS) is 21.3. The number of hydrogen-bond acceptors (Lipinski definition) is 5. The van der Waals surface area contributed by atoms with Crippen molar-refractivity contribution in [2.45, 2.75) is 12.3 Å². The molecule has 1 aliphatic heterocycles. The summed E-state index contributed by atoms with van der Waals surface area (Å²) < 4.78 is 42.3. The lowest BCUT2D eigenvalue weighted by atomic mass is 10.3. The quantitative estimate of drug-likeness (QED) is 0.776. The van der Waals surface area contributed by atoms with E-state index in [2.05, 4.69) is 4.98 Å². The first-order chi connectivity index (χ1) is 8.00. The van der Waals surface area contributed by atoms with Gasteiger partial charge in [-0.3, -0.25) is 0 Å². The van der Waals surface area contributed by atoms with E-state index in [0.29, 0.717) is 24.5 Å². The molecule has 0 spiro atoms. The molecule has 92 valence electrons. The fraction of sp³-hybridized carbons (Fsp3) is 0.556. The van der Waals surface area contributed by atoms with Gasteiger partial charge in [-0.25, -0.2) is 4.98 Å². The molecular weight excluding hydrogens is 255 g/mol. The predicted octanol–water partition coefficient (Wildman–Crippen LogP) is 1.89. The Labute approximate surface area is 99.2 Å². The van der Waals surface area contributed by atoms with Crippen LogP contribution in [-0.2, 0) is 10.9 Å². The summed E-state index contributed by atoms with van der Waals surface area (Å²) in [4.78, 5) is 4.64. The summed E-state index contributed by atoms with van der Waals surface area (Å²) in [6.07, 6.45) is -4.16. The van der Waals surface area contributed by atoms with Crippen LogP contribution in [-0.4, -0.2) is 30.8 Å². The minimum absolute atomic E-state index is 0.251. The molecule has 4 nitrogen and oxygen atoms in total. The molecule has 17 heavy (non-hydrogen) atoms. The zero-order valence-corrected chi connectivity index (χ0v) is 9.38. The Morgan fingerprint density at radius 1 is 1.59 bits per heavy atom. The fourth-order valence-electron chi connectivity index (χ4n) is 1.44. The predicted molar refractivity (Wildman–Crippen MR) is 54.7 cm³/mol. The van der Waals surface area contributed by atoms with E-state index in [9.17, 15) is 13.2 Å². The van der Waals surface area contributed by atoms with Crippen LogP contribution in [0.1, 0.15) is 4.88 Å². The lowest BCUT2D eigenvalue weighted by molar-refractivity contribution is -0.134. The van der Waals surface area contributed by atoms with Crippen molar-refractivity contribution in [1.82, 2.24) is 4.98 Å². The van der Waals surface area contributed by atoms with Gasteiger partial charge in [-0.2, -0.15) is 18.4 Å². The highest BCUT2D eigenvalue weighted by Gasteiger charge is 2.34. The molecule has 1 fully saturated rings. The van der Waals surface area contributed by atoms with Gasteiger partial charge in [-0.1, -0.05) is 11.3 Å². The maximum Gasteiger partial charge on any atom is 0.427 e. The first-order valence-corrected chi connectivity index (χ1v) is 5.61. The van der Waals surface area contributed by atoms with E-state index < -0.39 is 17.2 Å². The Morgan fingerprint density at radius 2 is 2.35 bits per heavy atom. The van der Waals surface area contributed by atoms with Crippen molar-refractivity contribution in [3.63, 3.8) is 0 Å². The zero-order valence-electron chi connectivity index (χ0n) is 8.57. The number of nitrogens with zero attached hydrogens (tertiary/aromatic N) is 3. The molecule has 8 heteroatoms. The molecule has 1 aliphatic rings. The number of ether oxygens (including phenoxy) is 1. The molecule has 0 aliphatic carbocycles. The van der Waals surface area contributed by atoms with Gasteiger partial charge in [0.15, 0.2) is 11.2 Å². The number of aromatic nitrogens is 1. The largest absolute Gasteiger partial charge is 0.427 e. The number of hydrogen-bond donors (Lipinski definition) is 0. The number of halogens is 3. The second kappa shape index (κ2) is 4.50. The van der Waals surface area contributed by atoms with Crippen molar-refractivity contribution in [2.24, 2.45) is 0 Å². The number of nitriles is 1. The Kier molecular flexibility index (Phi) is 3.22. The maximum absolute atomic E-state index is 12.4. The summed E-state index contributed by atoms with van der Waals surface area (Å²) in [7, 11) is 0. The molecule has 2 rings (SSSR count). The smallest absolute Gasteiger partial charge is 0.360 e. The second-order valence-electron chi connectivity index (χ2n) is 3.44. The van der Waals surface area contributed by atoms with Crippen molar-refractivity contribution in [2.75, 3.05) is 24.6 Å². The molecule has 0 radical (unpaired) electrons. The Bertz CT molecular complexity index is 439. The third kappa shape index (κ3) is 2.68. The molecule has 2 heterocycles. The Hall–Kier alpha value is -1.33. The molecule has 1 aromatic heterocycles. The highest BCUT2D eigenvalue weighted by Crippen LogP contribution is 2.36. The SMILES string of the molecule is N#CC1CN(c2ncc(C(F)(F)F)s2)CCO1. The number of alkyl halides is 3. The Balaban J connectivity index is 2.13. The molecule has 0 bridgehead atoms. The van der Waals surface area contributed by atoms with E-state index >= 15 is 0 Å². The van der Waals surface area contributed by atoms with Gasteiger partial charge < -0.3 is 9.64 Å². The van der Waals surface area contributed by atoms with Crippen LogP contribution in [0.4, 0.5) is 18.3 Å². The van der Waals surface area contributed by atoms with E-state index in [4.69, 9.17) is 10.00 Å². The van der Waals surface area contributed by atoms with Crippen molar-refractivity contribution < 1.29 is 17.9 Å². The standard InChI is InChI=1S/C9H8F3N3OS/c10-9(11,12)7-4-14-8(17-7)15-1-2-16-6(3-13)5-15/h4,6H,1-2,5H2. The van der Waals surface area contributed by atoms with Crippen LogP contribution in [0.5, 0.6) is 0 Å². The van der Waals surface area contributed by atoms with Gasteiger partial charge in [-0.15, -0.1) is 0 Å². The van der Waals surface area contributed by atoms with Crippen LogP contribution in [0.2, 0.25) is 0 Å². The summed E-state index contributed by atoms with van der Waals surface area (Å²) in [5.41, 5.74) is 0. The zero-order chi connectivity index (χ0) is 12.5. The average Bonchev–Trinajstić information content (AvgIpc) is 2.78. The van der Waals surface area contributed by atoms with Gasteiger partial charge in [0.1, 0.15) is 4.88 Å². The van der Waals surface area contributed by atoms with Gasteiger partial charge in [0.05, 0.1) is 25.4 Å². The van der Waals surface area contributed by atoms with E-state index in [1.807, 2.05) is 6.07 Å². The molecule has 0 amide bonds. The first kappa shape index (κ1) is 12.1. The van der Waals surface area contributed by atoms with E-state index in [1.165, 1.54) is 0 Å². The van der Waals surface area contributed by atoms with Gasteiger partial charge in [0.25, 0.3) is 0 Å². The molecule has 0 saturated carbocycles. The molecular formula is C9H8F3N3OS. The monoisotopic (exact) mass is 263 g/mol. The van der Waals surface area contributed by atoms with Crippen LogP contribution >= 0.6 is 11.3 Å². The van der Waals surface area contributed by atoms with Gasteiger partial charge >= 0.3 is 6.18 Å². The molecule has 1 unspecified atom stereocenters. The Morgan fingerprint density at radius 3 is 2.94 bits per heavy atom. The van der Waals surface area contributed by atoms with Gasteiger partial charge in [0.2, 0.25) is 0 Å². The first-order valence-electron chi connectivity index (χ1n) is 4.80.